The molecule has 15 heavy (non-hydrogen) atoms. The third-order valence-corrected chi connectivity index (χ3v) is 1.67. The second kappa shape index (κ2) is 4.39. The van der Waals surface area contributed by atoms with Crippen LogP contribution in [0.5, 0.6) is 0 Å². The minimum Gasteiger partial charge on any atom is -0.270 e. The van der Waals surface area contributed by atoms with Crippen LogP contribution in [0.25, 0.3) is 0 Å². The lowest BCUT2D eigenvalue weighted by Gasteiger charge is -2.20. The van der Waals surface area contributed by atoms with Crippen molar-refractivity contribution in [2.45, 2.75) is 39.3 Å². The van der Waals surface area contributed by atoms with Crippen molar-refractivity contribution in [1.82, 2.24) is 20.2 Å². The lowest BCUT2D eigenvalue weighted by atomic mass is 10.2. The van der Waals surface area contributed by atoms with Crippen LogP contribution >= 0.6 is 0 Å². The molecule has 1 amide bonds. The molecule has 1 atom stereocenters. The summed E-state index contributed by atoms with van der Waals surface area (Å²) in [5, 5.41) is 3.87. The number of nitrogens with one attached hydrogen (secondary N) is 1. The van der Waals surface area contributed by atoms with Crippen molar-refractivity contribution >= 4 is 5.91 Å². The van der Waals surface area contributed by atoms with E-state index >= 15 is 0 Å². The number of hydrogen-bond acceptors (Lipinski definition) is 4. The lowest BCUT2D eigenvalue weighted by molar-refractivity contribution is -0.148. The molecular weight excluding hydrogens is 196 g/mol. The van der Waals surface area contributed by atoms with E-state index in [0.717, 1.165) is 0 Å². The summed E-state index contributed by atoms with van der Waals surface area (Å²) in [6, 6.07) is -0.435. The van der Waals surface area contributed by atoms with Crippen molar-refractivity contribution in [2.75, 3.05) is 0 Å². The zero-order valence-electron chi connectivity index (χ0n) is 9.39. The molecule has 1 unspecified atom stereocenters. The van der Waals surface area contributed by atoms with Crippen LogP contribution < -0.4 is 5.48 Å². The van der Waals surface area contributed by atoms with Crippen molar-refractivity contribution < 1.29 is 9.63 Å². The molecule has 0 bridgehead atoms. The van der Waals surface area contributed by atoms with Crippen LogP contribution in [-0.2, 0) is 9.63 Å². The normalized spacial score (nSPS) is 13.6. The predicted octanol–water partition coefficient (Wildman–Crippen LogP) is 0.685. The van der Waals surface area contributed by atoms with E-state index in [1.807, 2.05) is 20.8 Å². The van der Waals surface area contributed by atoms with E-state index in [1.165, 1.54) is 17.3 Å². The predicted molar refractivity (Wildman–Crippen MR) is 53.7 cm³/mol. The first kappa shape index (κ1) is 11.6. The van der Waals surface area contributed by atoms with Gasteiger partial charge in [-0.05, 0) is 27.7 Å². The number of nitrogens with zero attached hydrogens (tertiary/aromatic N) is 3. The van der Waals surface area contributed by atoms with Gasteiger partial charge in [0.2, 0.25) is 0 Å². The highest BCUT2D eigenvalue weighted by atomic mass is 16.7. The summed E-state index contributed by atoms with van der Waals surface area (Å²) in [5.74, 6) is -0.254. The number of hydrogen-bond donors (Lipinski definition) is 1. The molecule has 1 rings (SSSR count). The molecule has 0 aliphatic rings. The van der Waals surface area contributed by atoms with Gasteiger partial charge >= 0.3 is 0 Å². The smallest absolute Gasteiger partial charge is 0.268 e. The zero-order chi connectivity index (χ0) is 11.5. The molecule has 6 heteroatoms. The van der Waals surface area contributed by atoms with Crippen LogP contribution in [0.15, 0.2) is 12.7 Å². The van der Waals surface area contributed by atoms with Gasteiger partial charge in [0, 0.05) is 0 Å². The van der Waals surface area contributed by atoms with Crippen LogP contribution in [0.2, 0.25) is 0 Å². The van der Waals surface area contributed by atoms with Gasteiger partial charge in [-0.3, -0.25) is 9.63 Å². The van der Waals surface area contributed by atoms with Crippen LogP contribution in [0.3, 0.4) is 0 Å². The van der Waals surface area contributed by atoms with Gasteiger partial charge in [-0.25, -0.2) is 15.1 Å². The van der Waals surface area contributed by atoms with Gasteiger partial charge in [0.05, 0.1) is 5.60 Å². The molecule has 0 spiro atoms. The van der Waals surface area contributed by atoms with E-state index in [9.17, 15) is 4.79 Å². The fraction of sp³-hybridized carbons (Fsp3) is 0.667. The summed E-state index contributed by atoms with van der Waals surface area (Å²) in [6.45, 7) is 7.28. The monoisotopic (exact) mass is 212 g/mol. The highest BCUT2D eigenvalue weighted by Gasteiger charge is 2.18. The zero-order valence-corrected chi connectivity index (χ0v) is 9.39. The maximum atomic E-state index is 11.6. The van der Waals surface area contributed by atoms with E-state index in [1.54, 1.807) is 6.92 Å². The van der Waals surface area contributed by atoms with E-state index < -0.39 is 11.6 Å². The largest absolute Gasteiger partial charge is 0.270 e. The van der Waals surface area contributed by atoms with Crippen molar-refractivity contribution in [2.24, 2.45) is 0 Å². The van der Waals surface area contributed by atoms with Gasteiger partial charge in [-0.1, -0.05) is 0 Å². The summed E-state index contributed by atoms with van der Waals surface area (Å²) in [6.07, 6.45) is 2.87. The standard InChI is InChI=1S/C9H16N4O2/c1-7(13-6-10-5-11-13)8(14)12-15-9(2,3)4/h5-7H,1-4H3,(H,12,14). The van der Waals surface area contributed by atoms with Crippen LogP contribution in [0.4, 0.5) is 0 Å². The fourth-order valence-corrected chi connectivity index (χ4v) is 0.826. The Morgan fingerprint density at radius 1 is 1.53 bits per heavy atom. The van der Waals surface area contributed by atoms with Gasteiger partial charge < -0.3 is 0 Å². The van der Waals surface area contributed by atoms with Crippen molar-refractivity contribution in [3.05, 3.63) is 12.7 Å². The Labute approximate surface area is 88.6 Å². The molecular formula is C9H16N4O2. The highest BCUT2D eigenvalue weighted by molar-refractivity contribution is 5.78. The number of carbonyl (C=O) groups is 1. The van der Waals surface area contributed by atoms with E-state index in [0.29, 0.717) is 0 Å². The Hall–Kier alpha value is -1.43. The summed E-state index contributed by atoms with van der Waals surface area (Å²) in [5.41, 5.74) is 1.98. The first-order valence-electron chi connectivity index (χ1n) is 4.72. The van der Waals surface area contributed by atoms with Gasteiger partial charge in [-0.15, -0.1) is 0 Å². The molecule has 1 N–H and O–H groups in total. The summed E-state index contributed by atoms with van der Waals surface area (Å²) in [7, 11) is 0. The van der Waals surface area contributed by atoms with Crippen LogP contribution in [0, 0.1) is 0 Å². The Morgan fingerprint density at radius 3 is 2.67 bits per heavy atom. The molecule has 0 aliphatic carbocycles. The molecule has 84 valence electrons. The Morgan fingerprint density at radius 2 is 2.20 bits per heavy atom. The average molecular weight is 212 g/mol. The molecule has 1 heterocycles. The SMILES string of the molecule is CC(C(=O)NOC(C)(C)C)n1cncn1. The third kappa shape index (κ3) is 3.67. The van der Waals surface area contributed by atoms with Crippen LogP contribution in [-0.4, -0.2) is 26.3 Å². The molecule has 0 aromatic carbocycles. The second-order valence-electron chi connectivity index (χ2n) is 4.23. The van der Waals surface area contributed by atoms with E-state index in [2.05, 4.69) is 15.6 Å². The second-order valence-corrected chi connectivity index (χ2v) is 4.23. The quantitative estimate of drug-likeness (QED) is 0.748. The van der Waals surface area contributed by atoms with Crippen molar-refractivity contribution in [3.63, 3.8) is 0 Å². The number of rotatable bonds is 3. The van der Waals surface area contributed by atoms with Crippen molar-refractivity contribution in [1.29, 1.82) is 0 Å². The molecule has 0 fully saturated rings. The molecule has 1 aromatic rings. The summed E-state index contributed by atoms with van der Waals surface area (Å²) >= 11 is 0. The van der Waals surface area contributed by atoms with Gasteiger partial charge in [0.1, 0.15) is 18.7 Å². The first-order valence-corrected chi connectivity index (χ1v) is 4.72. The minimum absolute atomic E-state index is 0.254. The Kier molecular flexibility index (Phi) is 3.41. The van der Waals surface area contributed by atoms with E-state index in [4.69, 9.17) is 4.84 Å². The van der Waals surface area contributed by atoms with Crippen LogP contribution in [0.1, 0.15) is 33.7 Å². The van der Waals surface area contributed by atoms with Gasteiger partial charge in [-0.2, -0.15) is 5.10 Å². The molecule has 0 saturated heterocycles. The average Bonchev–Trinajstić information content (AvgIpc) is 2.64. The van der Waals surface area contributed by atoms with Gasteiger partial charge in [0.15, 0.2) is 0 Å². The Bertz CT molecular complexity index is 315. The molecule has 6 nitrogen and oxygen atoms in total. The van der Waals surface area contributed by atoms with E-state index in [-0.39, 0.29) is 5.91 Å². The first-order chi connectivity index (χ1) is 6.90. The van der Waals surface area contributed by atoms with Gasteiger partial charge in [0.25, 0.3) is 5.91 Å². The molecule has 0 saturated carbocycles. The topological polar surface area (TPSA) is 69.0 Å². The Balaban J connectivity index is 2.48. The van der Waals surface area contributed by atoms with Crippen molar-refractivity contribution in [3.8, 4) is 0 Å². The third-order valence-electron chi connectivity index (χ3n) is 1.67. The number of carbonyl (C=O) groups excluding carboxylic acids is 1. The number of aromatic nitrogens is 3. The summed E-state index contributed by atoms with van der Waals surface area (Å²) in [4.78, 5) is 20.5. The lowest BCUT2D eigenvalue weighted by Crippen LogP contribution is -2.37. The fourth-order valence-electron chi connectivity index (χ4n) is 0.826. The number of amides is 1. The highest BCUT2D eigenvalue weighted by Crippen LogP contribution is 2.06. The molecule has 0 radical (unpaired) electrons. The maximum absolute atomic E-state index is 11.6. The molecule has 0 aliphatic heterocycles. The minimum atomic E-state index is -0.435. The number of hydroxylamine groups is 1. The summed E-state index contributed by atoms with van der Waals surface area (Å²) < 4.78 is 1.46. The molecule has 1 aromatic heterocycles. The maximum Gasteiger partial charge on any atom is 0.268 e.